The molecule has 1 rings (SSSR count). The van der Waals surface area contributed by atoms with Crippen LogP contribution in [0.5, 0.6) is 0 Å². The number of halogens is 2. The molecule has 0 amide bonds. The van der Waals surface area contributed by atoms with E-state index in [4.69, 9.17) is 11.6 Å². The molecule has 0 atom stereocenters. The molecule has 1 aromatic heterocycles. The number of allylic oxidation sites excluding steroid dienone is 1. The minimum absolute atomic E-state index is 0.535. The van der Waals surface area contributed by atoms with Crippen LogP contribution in [0.1, 0.15) is 12.0 Å². The summed E-state index contributed by atoms with van der Waals surface area (Å²) in [6, 6.07) is 3.73. The van der Waals surface area contributed by atoms with Gasteiger partial charge in [0, 0.05) is 11.5 Å². The number of hydrogen-bond donors (Lipinski definition) is 0. The normalized spacial score (nSPS) is 10.8. The van der Waals surface area contributed by atoms with Crippen LogP contribution in [0.3, 0.4) is 0 Å². The van der Waals surface area contributed by atoms with Gasteiger partial charge in [0.05, 0.1) is 0 Å². The van der Waals surface area contributed by atoms with Gasteiger partial charge in [0.2, 0.25) is 0 Å². The Balaban J connectivity index is 2.58. The molecule has 1 aromatic rings. The van der Waals surface area contributed by atoms with Crippen LogP contribution in [-0.2, 0) is 0 Å². The van der Waals surface area contributed by atoms with Crippen LogP contribution in [0.25, 0.3) is 6.08 Å². The minimum atomic E-state index is 0.535. The molecular formula is C9H9BrClN. The number of aromatic nitrogens is 1. The van der Waals surface area contributed by atoms with Crippen LogP contribution < -0.4 is 0 Å². The third-order valence-corrected chi connectivity index (χ3v) is 2.02. The minimum Gasteiger partial charge on any atom is -0.244 e. The monoisotopic (exact) mass is 245 g/mol. The Hall–Kier alpha value is -0.340. The predicted molar refractivity (Wildman–Crippen MR) is 56.7 cm³/mol. The molecule has 0 bridgehead atoms. The summed E-state index contributed by atoms with van der Waals surface area (Å²) in [4.78, 5) is 3.96. The van der Waals surface area contributed by atoms with Crippen LogP contribution in [0.4, 0.5) is 0 Å². The molecule has 3 heteroatoms. The summed E-state index contributed by atoms with van der Waals surface area (Å²) in [6.45, 7) is 0. The maximum Gasteiger partial charge on any atom is 0.129 e. The Morgan fingerprint density at radius 3 is 2.92 bits per heavy atom. The van der Waals surface area contributed by atoms with Gasteiger partial charge in [-0.3, -0.25) is 0 Å². The van der Waals surface area contributed by atoms with E-state index in [2.05, 4.69) is 27.0 Å². The van der Waals surface area contributed by atoms with Crippen LogP contribution in [0.15, 0.2) is 24.4 Å². The molecule has 0 spiro atoms. The van der Waals surface area contributed by atoms with Crippen LogP contribution in [-0.4, -0.2) is 10.3 Å². The topological polar surface area (TPSA) is 12.9 Å². The Kier molecular flexibility index (Phi) is 4.33. The molecule has 0 aliphatic carbocycles. The zero-order valence-electron chi connectivity index (χ0n) is 6.50. The first-order valence-electron chi connectivity index (χ1n) is 3.67. The first-order chi connectivity index (χ1) is 5.83. The number of nitrogens with zero attached hydrogens (tertiary/aromatic N) is 1. The molecular weight excluding hydrogens is 237 g/mol. The van der Waals surface area contributed by atoms with Gasteiger partial charge in [0.25, 0.3) is 0 Å². The first-order valence-corrected chi connectivity index (χ1v) is 5.17. The molecule has 0 fully saturated rings. The van der Waals surface area contributed by atoms with Crippen molar-refractivity contribution in [2.45, 2.75) is 6.42 Å². The third kappa shape index (κ3) is 3.37. The molecule has 64 valence electrons. The van der Waals surface area contributed by atoms with E-state index in [-0.39, 0.29) is 0 Å². The van der Waals surface area contributed by atoms with Gasteiger partial charge in [-0.15, -0.1) is 0 Å². The van der Waals surface area contributed by atoms with E-state index in [0.29, 0.717) is 5.15 Å². The van der Waals surface area contributed by atoms with Gasteiger partial charge in [0.1, 0.15) is 5.15 Å². The molecule has 0 saturated carbocycles. The van der Waals surface area contributed by atoms with E-state index in [0.717, 1.165) is 17.3 Å². The van der Waals surface area contributed by atoms with Crippen molar-refractivity contribution in [2.75, 3.05) is 5.33 Å². The fourth-order valence-corrected chi connectivity index (χ4v) is 1.14. The van der Waals surface area contributed by atoms with Crippen LogP contribution in [0.2, 0.25) is 5.15 Å². The van der Waals surface area contributed by atoms with Crippen molar-refractivity contribution in [3.8, 4) is 0 Å². The number of alkyl halides is 1. The summed E-state index contributed by atoms with van der Waals surface area (Å²) in [7, 11) is 0. The lowest BCUT2D eigenvalue weighted by Gasteiger charge is -1.91. The summed E-state index contributed by atoms with van der Waals surface area (Å²) < 4.78 is 0. The van der Waals surface area contributed by atoms with Gasteiger partial charge in [-0.05, 0) is 18.1 Å². The molecule has 0 aromatic carbocycles. The quantitative estimate of drug-likeness (QED) is 0.587. The standard InChI is InChI=1S/C9H9BrClN/c10-6-2-1-3-8-4-5-9(11)12-7-8/h1,3-5,7H,2,6H2. The zero-order chi connectivity index (χ0) is 8.81. The maximum absolute atomic E-state index is 5.63. The summed E-state index contributed by atoms with van der Waals surface area (Å²) in [5.74, 6) is 0. The van der Waals surface area contributed by atoms with Gasteiger partial charge < -0.3 is 0 Å². The Labute approximate surface area is 85.6 Å². The number of hydrogen-bond acceptors (Lipinski definition) is 1. The highest BCUT2D eigenvalue weighted by atomic mass is 79.9. The molecule has 0 radical (unpaired) electrons. The molecule has 0 unspecified atom stereocenters. The van der Waals surface area contributed by atoms with Crippen molar-refractivity contribution in [3.63, 3.8) is 0 Å². The maximum atomic E-state index is 5.63. The van der Waals surface area contributed by atoms with Crippen molar-refractivity contribution in [3.05, 3.63) is 35.1 Å². The number of pyridine rings is 1. The van der Waals surface area contributed by atoms with Crippen molar-refractivity contribution in [1.82, 2.24) is 4.98 Å². The fourth-order valence-electron chi connectivity index (χ4n) is 0.768. The highest BCUT2D eigenvalue weighted by Crippen LogP contribution is 2.07. The van der Waals surface area contributed by atoms with Crippen molar-refractivity contribution in [1.29, 1.82) is 0 Å². The molecule has 0 aliphatic rings. The third-order valence-electron chi connectivity index (χ3n) is 1.34. The largest absolute Gasteiger partial charge is 0.244 e. The fraction of sp³-hybridized carbons (Fsp3) is 0.222. The van der Waals surface area contributed by atoms with Gasteiger partial charge >= 0.3 is 0 Å². The molecule has 0 saturated heterocycles. The van der Waals surface area contributed by atoms with Gasteiger partial charge in [-0.1, -0.05) is 45.7 Å². The lowest BCUT2D eigenvalue weighted by molar-refractivity contribution is 1.26. The Morgan fingerprint density at radius 1 is 1.50 bits per heavy atom. The van der Waals surface area contributed by atoms with Crippen molar-refractivity contribution >= 4 is 33.6 Å². The molecule has 0 aliphatic heterocycles. The Bertz CT molecular complexity index is 256. The van der Waals surface area contributed by atoms with E-state index >= 15 is 0 Å². The average Bonchev–Trinajstić information content (AvgIpc) is 2.09. The van der Waals surface area contributed by atoms with Crippen molar-refractivity contribution < 1.29 is 0 Å². The lowest BCUT2D eigenvalue weighted by atomic mass is 10.2. The molecule has 1 nitrogen and oxygen atoms in total. The van der Waals surface area contributed by atoms with E-state index < -0.39 is 0 Å². The van der Waals surface area contributed by atoms with Crippen molar-refractivity contribution in [2.24, 2.45) is 0 Å². The second-order valence-corrected chi connectivity index (χ2v) is 3.47. The molecule has 1 heterocycles. The van der Waals surface area contributed by atoms with Gasteiger partial charge in [0.15, 0.2) is 0 Å². The summed E-state index contributed by atoms with van der Waals surface area (Å²) in [5, 5.41) is 1.53. The summed E-state index contributed by atoms with van der Waals surface area (Å²) in [5.41, 5.74) is 1.08. The second-order valence-electron chi connectivity index (χ2n) is 2.29. The summed E-state index contributed by atoms with van der Waals surface area (Å²) >= 11 is 8.98. The van der Waals surface area contributed by atoms with E-state index in [1.807, 2.05) is 12.1 Å². The molecule has 0 N–H and O–H groups in total. The first kappa shape index (κ1) is 9.75. The smallest absolute Gasteiger partial charge is 0.129 e. The van der Waals surface area contributed by atoms with Gasteiger partial charge in [-0.2, -0.15) is 0 Å². The highest BCUT2D eigenvalue weighted by molar-refractivity contribution is 9.09. The summed E-state index contributed by atoms with van der Waals surface area (Å²) in [6.07, 6.45) is 6.92. The van der Waals surface area contributed by atoms with E-state index in [1.165, 1.54) is 0 Å². The average molecular weight is 247 g/mol. The SMILES string of the molecule is Clc1ccc(C=CCCBr)cn1. The Morgan fingerprint density at radius 2 is 2.33 bits per heavy atom. The van der Waals surface area contributed by atoms with Gasteiger partial charge in [-0.25, -0.2) is 4.98 Å². The highest BCUT2D eigenvalue weighted by Gasteiger charge is 1.87. The van der Waals surface area contributed by atoms with Crippen LogP contribution >= 0.6 is 27.5 Å². The van der Waals surface area contributed by atoms with E-state index in [1.54, 1.807) is 12.3 Å². The lowest BCUT2D eigenvalue weighted by Crippen LogP contribution is -1.76. The predicted octanol–water partition coefficient (Wildman–Crippen LogP) is 3.53. The number of rotatable bonds is 3. The second kappa shape index (κ2) is 5.33. The van der Waals surface area contributed by atoms with E-state index in [9.17, 15) is 0 Å². The molecule has 12 heavy (non-hydrogen) atoms. The zero-order valence-corrected chi connectivity index (χ0v) is 8.85. The van der Waals surface area contributed by atoms with Crippen LogP contribution in [0, 0.1) is 0 Å².